The molecule has 0 aliphatic carbocycles. The van der Waals surface area contributed by atoms with Crippen LogP contribution in [0, 0.1) is 0 Å². The quantitative estimate of drug-likeness (QED) is 0.842. The highest BCUT2D eigenvalue weighted by Crippen LogP contribution is 2.36. The van der Waals surface area contributed by atoms with Crippen molar-refractivity contribution in [2.24, 2.45) is 0 Å². The molecule has 0 N–H and O–H groups in total. The Hall–Kier alpha value is -1.84. The minimum absolute atomic E-state index is 0.0346. The molecule has 0 aromatic heterocycles. The van der Waals surface area contributed by atoms with Crippen LogP contribution < -0.4 is 0 Å². The maximum absolute atomic E-state index is 12.5. The first kappa shape index (κ1) is 16.0. The predicted octanol–water partition coefficient (Wildman–Crippen LogP) is 2.58. The smallest absolute Gasteiger partial charge is 0.222 e. The molecule has 1 atom stereocenters. The first-order valence-electron chi connectivity index (χ1n) is 8.60. The summed E-state index contributed by atoms with van der Waals surface area (Å²) in [5.74, 6) is 0.419. The van der Waals surface area contributed by atoms with E-state index in [0.29, 0.717) is 6.42 Å². The lowest BCUT2D eigenvalue weighted by molar-refractivity contribution is -0.140. The Kier molecular flexibility index (Phi) is 4.42. The summed E-state index contributed by atoms with van der Waals surface area (Å²) in [5.41, 5.74) is 1.35. The lowest BCUT2D eigenvalue weighted by Gasteiger charge is -2.46. The minimum Gasteiger partial charge on any atom is -0.343 e. The predicted molar refractivity (Wildman–Crippen MR) is 90.0 cm³/mol. The van der Waals surface area contributed by atoms with Gasteiger partial charge in [0.15, 0.2) is 0 Å². The minimum atomic E-state index is 0.0346. The van der Waals surface area contributed by atoms with Crippen molar-refractivity contribution in [2.75, 3.05) is 19.6 Å². The van der Waals surface area contributed by atoms with E-state index in [-0.39, 0.29) is 23.3 Å². The second-order valence-corrected chi connectivity index (χ2v) is 7.19. The topological polar surface area (TPSA) is 40.6 Å². The molecule has 0 saturated carbocycles. The molecule has 2 aliphatic heterocycles. The number of hydrogen-bond donors (Lipinski definition) is 0. The second kappa shape index (κ2) is 6.34. The summed E-state index contributed by atoms with van der Waals surface area (Å²) in [6, 6.07) is 10.8. The van der Waals surface area contributed by atoms with Crippen molar-refractivity contribution in [3.8, 4) is 0 Å². The van der Waals surface area contributed by atoms with Gasteiger partial charge in [-0.15, -0.1) is 0 Å². The monoisotopic (exact) mass is 314 g/mol. The zero-order chi connectivity index (χ0) is 16.4. The molecule has 0 spiro atoms. The van der Waals surface area contributed by atoms with Crippen LogP contribution in [0.25, 0.3) is 0 Å². The standard InChI is InChI=1S/C19H26N2O2/c1-15(22)20-12-9-17(10-13-20)21-14-19(2,11-8-18(21)23)16-6-4-3-5-7-16/h3-7,17H,8-14H2,1-2H3/t19-/m0/s1. The molecule has 124 valence electrons. The van der Waals surface area contributed by atoms with Crippen LogP contribution in [-0.2, 0) is 15.0 Å². The number of benzene rings is 1. The van der Waals surface area contributed by atoms with Crippen LogP contribution >= 0.6 is 0 Å². The van der Waals surface area contributed by atoms with Crippen LogP contribution in [0.5, 0.6) is 0 Å². The molecule has 0 unspecified atom stereocenters. The van der Waals surface area contributed by atoms with Crippen molar-refractivity contribution in [3.05, 3.63) is 35.9 Å². The number of rotatable bonds is 2. The molecule has 2 amide bonds. The van der Waals surface area contributed by atoms with Gasteiger partial charge in [-0.3, -0.25) is 9.59 Å². The molecular weight excluding hydrogens is 288 g/mol. The van der Waals surface area contributed by atoms with Gasteiger partial charge in [0.25, 0.3) is 0 Å². The highest BCUT2D eigenvalue weighted by molar-refractivity contribution is 5.78. The second-order valence-electron chi connectivity index (χ2n) is 7.19. The SMILES string of the molecule is CC(=O)N1CCC(N2C[C@@](C)(c3ccccc3)CCC2=O)CC1. The highest BCUT2D eigenvalue weighted by atomic mass is 16.2. The zero-order valence-electron chi connectivity index (χ0n) is 14.1. The molecule has 23 heavy (non-hydrogen) atoms. The van der Waals surface area contributed by atoms with Crippen LogP contribution in [0.1, 0.15) is 45.1 Å². The summed E-state index contributed by atoms with van der Waals surface area (Å²) in [6.45, 7) is 6.23. The summed E-state index contributed by atoms with van der Waals surface area (Å²) < 4.78 is 0. The van der Waals surface area contributed by atoms with Gasteiger partial charge in [-0.05, 0) is 24.8 Å². The van der Waals surface area contributed by atoms with Crippen LogP contribution in [0.3, 0.4) is 0 Å². The number of hydrogen-bond acceptors (Lipinski definition) is 2. The van der Waals surface area contributed by atoms with Gasteiger partial charge in [0.1, 0.15) is 0 Å². The van der Waals surface area contributed by atoms with Gasteiger partial charge >= 0.3 is 0 Å². The summed E-state index contributed by atoms with van der Waals surface area (Å²) in [4.78, 5) is 27.9. The number of nitrogens with zero attached hydrogens (tertiary/aromatic N) is 2. The van der Waals surface area contributed by atoms with Crippen molar-refractivity contribution in [1.82, 2.24) is 9.80 Å². The van der Waals surface area contributed by atoms with E-state index in [0.717, 1.165) is 38.9 Å². The van der Waals surface area contributed by atoms with E-state index in [9.17, 15) is 9.59 Å². The van der Waals surface area contributed by atoms with E-state index in [4.69, 9.17) is 0 Å². The Morgan fingerprint density at radius 2 is 1.83 bits per heavy atom. The lowest BCUT2D eigenvalue weighted by Crippen LogP contribution is -2.55. The van der Waals surface area contributed by atoms with E-state index >= 15 is 0 Å². The van der Waals surface area contributed by atoms with Gasteiger partial charge in [0, 0.05) is 44.4 Å². The van der Waals surface area contributed by atoms with E-state index in [1.54, 1.807) is 6.92 Å². The Morgan fingerprint density at radius 3 is 2.43 bits per heavy atom. The van der Waals surface area contributed by atoms with Gasteiger partial charge in [0.05, 0.1) is 0 Å². The van der Waals surface area contributed by atoms with Crippen LogP contribution in [0.2, 0.25) is 0 Å². The van der Waals surface area contributed by atoms with E-state index in [1.165, 1.54) is 5.56 Å². The molecule has 2 aliphatic rings. The third kappa shape index (κ3) is 3.26. The molecule has 2 fully saturated rings. The van der Waals surface area contributed by atoms with Crippen molar-refractivity contribution >= 4 is 11.8 Å². The number of piperidine rings is 2. The molecule has 4 nitrogen and oxygen atoms in total. The van der Waals surface area contributed by atoms with Crippen molar-refractivity contribution < 1.29 is 9.59 Å². The fraction of sp³-hybridized carbons (Fsp3) is 0.579. The molecule has 1 aromatic carbocycles. The average Bonchev–Trinajstić information content (AvgIpc) is 2.58. The third-order valence-electron chi connectivity index (χ3n) is 5.55. The highest BCUT2D eigenvalue weighted by Gasteiger charge is 2.39. The number of likely N-dealkylation sites (tertiary alicyclic amines) is 2. The van der Waals surface area contributed by atoms with Crippen LogP contribution in [0.15, 0.2) is 30.3 Å². The number of carbonyl (C=O) groups excluding carboxylic acids is 2. The average molecular weight is 314 g/mol. The Labute approximate surface area is 138 Å². The molecule has 1 aromatic rings. The molecule has 4 heteroatoms. The van der Waals surface area contributed by atoms with Gasteiger partial charge < -0.3 is 9.80 Å². The Balaban J connectivity index is 1.72. The van der Waals surface area contributed by atoms with Crippen LogP contribution in [0.4, 0.5) is 0 Å². The first-order chi connectivity index (χ1) is 11.0. The fourth-order valence-corrected chi connectivity index (χ4v) is 3.97. The lowest BCUT2D eigenvalue weighted by atomic mass is 9.75. The fourth-order valence-electron chi connectivity index (χ4n) is 3.97. The van der Waals surface area contributed by atoms with Gasteiger partial charge in [-0.25, -0.2) is 0 Å². The van der Waals surface area contributed by atoms with E-state index in [1.807, 2.05) is 11.0 Å². The van der Waals surface area contributed by atoms with E-state index < -0.39 is 0 Å². The molecule has 2 saturated heterocycles. The van der Waals surface area contributed by atoms with Gasteiger partial charge in [-0.1, -0.05) is 37.3 Å². The maximum Gasteiger partial charge on any atom is 0.222 e. The molecular formula is C19H26N2O2. The molecule has 3 rings (SSSR count). The largest absolute Gasteiger partial charge is 0.343 e. The molecule has 0 bridgehead atoms. The summed E-state index contributed by atoms with van der Waals surface area (Å²) in [6.07, 6.45) is 3.34. The van der Waals surface area contributed by atoms with Gasteiger partial charge in [0.2, 0.25) is 11.8 Å². The van der Waals surface area contributed by atoms with E-state index in [2.05, 4.69) is 36.1 Å². The van der Waals surface area contributed by atoms with Crippen molar-refractivity contribution in [1.29, 1.82) is 0 Å². The molecule has 0 radical (unpaired) electrons. The number of carbonyl (C=O) groups is 2. The first-order valence-corrected chi connectivity index (χ1v) is 8.60. The van der Waals surface area contributed by atoms with Gasteiger partial charge in [-0.2, -0.15) is 0 Å². The van der Waals surface area contributed by atoms with Crippen LogP contribution in [-0.4, -0.2) is 47.3 Å². The summed E-state index contributed by atoms with van der Waals surface area (Å²) in [5, 5.41) is 0. The summed E-state index contributed by atoms with van der Waals surface area (Å²) in [7, 11) is 0. The normalized spacial score (nSPS) is 26.4. The van der Waals surface area contributed by atoms with Crippen molar-refractivity contribution in [2.45, 2.75) is 51.0 Å². The zero-order valence-corrected chi connectivity index (χ0v) is 14.1. The number of amides is 2. The summed E-state index contributed by atoms with van der Waals surface area (Å²) >= 11 is 0. The molecule has 2 heterocycles. The Bertz CT molecular complexity index is 578. The maximum atomic E-state index is 12.5. The van der Waals surface area contributed by atoms with Crippen molar-refractivity contribution in [3.63, 3.8) is 0 Å². The third-order valence-corrected chi connectivity index (χ3v) is 5.55. The Morgan fingerprint density at radius 1 is 1.17 bits per heavy atom.